The van der Waals surface area contributed by atoms with E-state index in [4.69, 9.17) is 0 Å². The standard InChI is InChI=1S/C23H27FN2O/c24-22-9-6-19(7-10-22)8-11-23(27)25-15-12-20-13-16-26(17-14-20)18-21-4-2-1-3-5-21/h1-11,20H,12-18H2,(H,25,27)/b11-8+. The first kappa shape index (κ1) is 19.3. The number of carbonyl (C=O) groups excluding carboxylic acids is 1. The van der Waals surface area contributed by atoms with E-state index in [0.29, 0.717) is 12.5 Å². The minimum atomic E-state index is -0.272. The molecule has 0 saturated carbocycles. The third-order valence-electron chi connectivity index (χ3n) is 5.11. The zero-order chi connectivity index (χ0) is 18.9. The van der Waals surface area contributed by atoms with Crippen molar-refractivity contribution in [2.45, 2.75) is 25.8 Å². The van der Waals surface area contributed by atoms with Gasteiger partial charge in [-0.25, -0.2) is 4.39 Å². The lowest BCUT2D eigenvalue weighted by atomic mass is 9.93. The summed E-state index contributed by atoms with van der Waals surface area (Å²) in [4.78, 5) is 14.4. The van der Waals surface area contributed by atoms with Gasteiger partial charge >= 0.3 is 0 Å². The number of nitrogens with one attached hydrogen (secondary N) is 1. The molecule has 142 valence electrons. The molecule has 1 N–H and O–H groups in total. The highest BCUT2D eigenvalue weighted by Gasteiger charge is 2.18. The average molecular weight is 366 g/mol. The van der Waals surface area contributed by atoms with Gasteiger partial charge in [0.15, 0.2) is 0 Å². The van der Waals surface area contributed by atoms with Crippen molar-refractivity contribution >= 4 is 12.0 Å². The van der Waals surface area contributed by atoms with Crippen LogP contribution in [-0.4, -0.2) is 30.4 Å². The second-order valence-electron chi connectivity index (χ2n) is 7.17. The van der Waals surface area contributed by atoms with Crippen LogP contribution in [0.25, 0.3) is 6.08 Å². The van der Waals surface area contributed by atoms with Gasteiger partial charge in [-0.05, 0) is 67.6 Å². The van der Waals surface area contributed by atoms with Crippen LogP contribution >= 0.6 is 0 Å². The Balaban J connectivity index is 1.32. The number of nitrogens with zero attached hydrogens (tertiary/aromatic N) is 1. The quantitative estimate of drug-likeness (QED) is 0.743. The van der Waals surface area contributed by atoms with Crippen LogP contribution in [0.2, 0.25) is 0 Å². The van der Waals surface area contributed by atoms with E-state index in [2.05, 4.69) is 40.5 Å². The molecule has 4 heteroatoms. The highest BCUT2D eigenvalue weighted by Crippen LogP contribution is 2.21. The topological polar surface area (TPSA) is 32.3 Å². The molecule has 0 aliphatic carbocycles. The Morgan fingerprint density at radius 1 is 1.07 bits per heavy atom. The summed E-state index contributed by atoms with van der Waals surface area (Å²) in [6.45, 7) is 3.98. The molecule has 0 atom stereocenters. The molecule has 3 nitrogen and oxygen atoms in total. The first-order valence-corrected chi connectivity index (χ1v) is 9.67. The fourth-order valence-electron chi connectivity index (χ4n) is 3.48. The van der Waals surface area contributed by atoms with Gasteiger partial charge in [-0.15, -0.1) is 0 Å². The van der Waals surface area contributed by atoms with Gasteiger partial charge < -0.3 is 5.32 Å². The van der Waals surface area contributed by atoms with E-state index < -0.39 is 0 Å². The zero-order valence-corrected chi connectivity index (χ0v) is 15.6. The molecule has 1 fully saturated rings. The second-order valence-corrected chi connectivity index (χ2v) is 7.17. The molecule has 0 unspecified atom stereocenters. The molecular weight excluding hydrogens is 339 g/mol. The molecule has 1 amide bonds. The van der Waals surface area contributed by atoms with Gasteiger partial charge in [0.1, 0.15) is 5.82 Å². The molecular formula is C23H27FN2O. The van der Waals surface area contributed by atoms with Crippen molar-refractivity contribution in [3.05, 3.63) is 77.6 Å². The van der Waals surface area contributed by atoms with Gasteiger partial charge in [-0.1, -0.05) is 42.5 Å². The van der Waals surface area contributed by atoms with Crippen molar-refractivity contribution in [1.29, 1.82) is 0 Å². The summed E-state index contributed by atoms with van der Waals surface area (Å²) < 4.78 is 12.9. The van der Waals surface area contributed by atoms with Crippen molar-refractivity contribution in [3.63, 3.8) is 0 Å². The molecule has 27 heavy (non-hydrogen) atoms. The molecule has 0 spiro atoms. The van der Waals surface area contributed by atoms with Gasteiger partial charge in [0.25, 0.3) is 0 Å². The number of rotatable bonds is 7. The first-order valence-electron chi connectivity index (χ1n) is 9.67. The Morgan fingerprint density at radius 3 is 2.48 bits per heavy atom. The Hall–Kier alpha value is -2.46. The van der Waals surface area contributed by atoms with Crippen molar-refractivity contribution in [2.75, 3.05) is 19.6 Å². The summed E-state index contributed by atoms with van der Waals surface area (Å²) >= 11 is 0. The number of hydrogen-bond donors (Lipinski definition) is 1. The van der Waals surface area contributed by atoms with Crippen LogP contribution in [0.15, 0.2) is 60.7 Å². The smallest absolute Gasteiger partial charge is 0.243 e. The largest absolute Gasteiger partial charge is 0.353 e. The molecule has 0 aromatic heterocycles. The Morgan fingerprint density at radius 2 is 1.78 bits per heavy atom. The van der Waals surface area contributed by atoms with Gasteiger partial charge in [0, 0.05) is 19.2 Å². The van der Waals surface area contributed by atoms with Crippen LogP contribution in [-0.2, 0) is 11.3 Å². The highest BCUT2D eigenvalue weighted by molar-refractivity contribution is 5.91. The van der Waals surface area contributed by atoms with Crippen molar-refractivity contribution in [2.24, 2.45) is 5.92 Å². The number of carbonyl (C=O) groups is 1. The molecule has 1 aliphatic rings. The number of benzene rings is 2. The lowest BCUT2D eigenvalue weighted by Crippen LogP contribution is -2.34. The van der Waals surface area contributed by atoms with Crippen molar-refractivity contribution in [3.8, 4) is 0 Å². The molecule has 2 aromatic rings. The van der Waals surface area contributed by atoms with Gasteiger partial charge in [-0.3, -0.25) is 9.69 Å². The van der Waals surface area contributed by atoms with E-state index in [0.717, 1.165) is 31.6 Å². The molecule has 1 heterocycles. The zero-order valence-electron chi connectivity index (χ0n) is 15.6. The number of likely N-dealkylation sites (tertiary alicyclic amines) is 1. The molecule has 3 rings (SSSR count). The normalized spacial score (nSPS) is 15.9. The third kappa shape index (κ3) is 6.65. The maximum Gasteiger partial charge on any atom is 0.243 e. The summed E-state index contributed by atoms with van der Waals surface area (Å²) in [5, 5.41) is 2.95. The van der Waals surface area contributed by atoms with E-state index in [1.54, 1.807) is 18.2 Å². The SMILES string of the molecule is O=C(/C=C/c1ccc(F)cc1)NCCC1CCN(Cc2ccccc2)CC1. The predicted molar refractivity (Wildman–Crippen MR) is 108 cm³/mol. The lowest BCUT2D eigenvalue weighted by molar-refractivity contribution is -0.116. The van der Waals surface area contributed by atoms with Crippen LogP contribution < -0.4 is 5.32 Å². The van der Waals surface area contributed by atoms with Crippen LogP contribution in [0, 0.1) is 11.7 Å². The van der Waals surface area contributed by atoms with E-state index >= 15 is 0 Å². The molecule has 0 bridgehead atoms. The Labute approximate surface area is 160 Å². The van der Waals surface area contributed by atoms with E-state index in [1.807, 2.05) is 0 Å². The fraction of sp³-hybridized carbons (Fsp3) is 0.348. The minimum absolute atomic E-state index is 0.0964. The minimum Gasteiger partial charge on any atom is -0.353 e. The summed E-state index contributed by atoms with van der Waals surface area (Å²) in [7, 11) is 0. The number of hydrogen-bond acceptors (Lipinski definition) is 2. The summed E-state index contributed by atoms with van der Waals surface area (Å²) in [6.07, 6.45) is 6.62. The highest BCUT2D eigenvalue weighted by atomic mass is 19.1. The van der Waals surface area contributed by atoms with Gasteiger partial charge in [0.2, 0.25) is 5.91 Å². The summed E-state index contributed by atoms with van der Waals surface area (Å²) in [5.74, 6) is 0.311. The number of halogens is 1. The van der Waals surface area contributed by atoms with Gasteiger partial charge in [-0.2, -0.15) is 0 Å². The van der Waals surface area contributed by atoms with Crippen molar-refractivity contribution in [1.82, 2.24) is 10.2 Å². The summed E-state index contributed by atoms with van der Waals surface area (Å²) in [5.41, 5.74) is 2.19. The predicted octanol–water partition coefficient (Wildman–Crippen LogP) is 4.26. The van der Waals surface area contributed by atoms with Crippen LogP contribution in [0.4, 0.5) is 4.39 Å². The maximum absolute atomic E-state index is 12.9. The number of piperidine rings is 1. The third-order valence-corrected chi connectivity index (χ3v) is 5.11. The number of amides is 1. The molecule has 1 aliphatic heterocycles. The molecule has 2 aromatic carbocycles. The van der Waals surface area contributed by atoms with E-state index in [1.165, 1.54) is 36.6 Å². The second kappa shape index (κ2) is 10.0. The van der Waals surface area contributed by atoms with Crippen LogP contribution in [0.5, 0.6) is 0 Å². The van der Waals surface area contributed by atoms with Crippen LogP contribution in [0.1, 0.15) is 30.4 Å². The Bertz CT molecular complexity index is 735. The maximum atomic E-state index is 12.9. The van der Waals surface area contributed by atoms with Crippen molar-refractivity contribution < 1.29 is 9.18 Å². The summed E-state index contributed by atoms with van der Waals surface area (Å²) in [6, 6.07) is 16.7. The monoisotopic (exact) mass is 366 g/mol. The molecule has 1 saturated heterocycles. The first-order chi connectivity index (χ1) is 13.2. The molecule has 0 radical (unpaired) electrons. The van der Waals surface area contributed by atoms with Crippen LogP contribution in [0.3, 0.4) is 0 Å². The van der Waals surface area contributed by atoms with E-state index in [9.17, 15) is 9.18 Å². The van der Waals surface area contributed by atoms with Gasteiger partial charge in [0.05, 0.1) is 0 Å². The fourth-order valence-corrected chi connectivity index (χ4v) is 3.48. The average Bonchev–Trinajstić information content (AvgIpc) is 2.70. The Kier molecular flexibility index (Phi) is 7.17. The lowest BCUT2D eigenvalue weighted by Gasteiger charge is -2.32. The van der Waals surface area contributed by atoms with E-state index in [-0.39, 0.29) is 11.7 Å².